The van der Waals surface area contributed by atoms with Crippen LogP contribution in [-0.2, 0) is 6.42 Å². The van der Waals surface area contributed by atoms with E-state index in [1.54, 1.807) is 0 Å². The summed E-state index contributed by atoms with van der Waals surface area (Å²) in [4.78, 5) is 0. The summed E-state index contributed by atoms with van der Waals surface area (Å²) >= 11 is 5.54. The molecule has 0 fully saturated rings. The van der Waals surface area contributed by atoms with Gasteiger partial charge in [0.2, 0.25) is 0 Å². The Labute approximate surface area is 121 Å². The number of nitrogens with one attached hydrogen (secondary N) is 1. The summed E-state index contributed by atoms with van der Waals surface area (Å²) in [6, 6.07) is 9.31. The van der Waals surface area contributed by atoms with Gasteiger partial charge in [0.1, 0.15) is 11.6 Å². The van der Waals surface area contributed by atoms with Crippen molar-refractivity contribution in [2.24, 2.45) is 5.84 Å². The van der Waals surface area contributed by atoms with Gasteiger partial charge in [-0.3, -0.25) is 11.3 Å². The van der Waals surface area contributed by atoms with E-state index >= 15 is 0 Å². The minimum atomic E-state index is -0.660. The Morgan fingerprint density at radius 2 is 1.80 bits per heavy atom. The molecule has 2 aromatic carbocycles. The van der Waals surface area contributed by atoms with Gasteiger partial charge in [-0.2, -0.15) is 0 Å². The van der Waals surface area contributed by atoms with Gasteiger partial charge in [-0.1, -0.05) is 41.4 Å². The molecule has 0 radical (unpaired) electrons. The Morgan fingerprint density at radius 1 is 1.15 bits per heavy atom. The third-order valence-electron chi connectivity index (χ3n) is 3.18. The molecule has 1 unspecified atom stereocenters. The van der Waals surface area contributed by atoms with Gasteiger partial charge in [-0.05, 0) is 31.0 Å². The first-order chi connectivity index (χ1) is 9.51. The lowest BCUT2D eigenvalue weighted by molar-refractivity contribution is 0.502. The van der Waals surface area contributed by atoms with Crippen LogP contribution >= 0.6 is 11.6 Å². The van der Waals surface area contributed by atoms with Crippen molar-refractivity contribution in [3.05, 3.63) is 69.7 Å². The van der Waals surface area contributed by atoms with Crippen molar-refractivity contribution in [3.8, 4) is 0 Å². The van der Waals surface area contributed by atoms with Crippen LogP contribution in [0.5, 0.6) is 0 Å². The fourth-order valence-corrected chi connectivity index (χ4v) is 2.17. The molecule has 0 aliphatic rings. The van der Waals surface area contributed by atoms with Crippen LogP contribution in [0.15, 0.2) is 36.4 Å². The molecule has 3 N–H and O–H groups in total. The largest absolute Gasteiger partial charge is 0.271 e. The molecule has 0 aromatic heterocycles. The summed E-state index contributed by atoms with van der Waals surface area (Å²) in [7, 11) is 0. The van der Waals surface area contributed by atoms with Crippen molar-refractivity contribution in [1.29, 1.82) is 0 Å². The maximum atomic E-state index is 13.9. The van der Waals surface area contributed by atoms with E-state index in [0.29, 0.717) is 6.42 Å². The molecule has 0 spiro atoms. The van der Waals surface area contributed by atoms with Crippen molar-refractivity contribution in [2.75, 3.05) is 0 Å². The van der Waals surface area contributed by atoms with Gasteiger partial charge in [0.15, 0.2) is 0 Å². The van der Waals surface area contributed by atoms with E-state index in [4.69, 9.17) is 17.4 Å². The van der Waals surface area contributed by atoms with Crippen LogP contribution in [0.2, 0.25) is 5.02 Å². The Hall–Kier alpha value is -1.49. The highest BCUT2D eigenvalue weighted by atomic mass is 35.5. The average molecular weight is 297 g/mol. The lowest BCUT2D eigenvalue weighted by Crippen LogP contribution is -2.30. The Morgan fingerprint density at radius 3 is 2.40 bits per heavy atom. The van der Waals surface area contributed by atoms with E-state index in [-0.39, 0.29) is 10.6 Å². The second kappa shape index (κ2) is 6.31. The molecule has 5 heteroatoms. The minimum Gasteiger partial charge on any atom is -0.271 e. The fourth-order valence-electron chi connectivity index (χ4n) is 2.02. The Kier molecular flexibility index (Phi) is 4.70. The van der Waals surface area contributed by atoms with Crippen LogP contribution in [0.25, 0.3) is 0 Å². The number of halogens is 3. The Bertz CT molecular complexity index is 600. The summed E-state index contributed by atoms with van der Waals surface area (Å²) in [6.07, 6.45) is 0.453. The van der Waals surface area contributed by atoms with Crippen molar-refractivity contribution in [2.45, 2.75) is 19.4 Å². The second-order valence-corrected chi connectivity index (χ2v) is 5.10. The number of hydrazine groups is 1. The molecule has 2 aromatic rings. The summed E-state index contributed by atoms with van der Waals surface area (Å²) < 4.78 is 27.4. The average Bonchev–Trinajstić information content (AvgIpc) is 2.43. The highest BCUT2D eigenvalue weighted by Crippen LogP contribution is 2.26. The van der Waals surface area contributed by atoms with Crippen LogP contribution in [-0.4, -0.2) is 0 Å². The second-order valence-electron chi connectivity index (χ2n) is 4.70. The molecule has 0 amide bonds. The zero-order chi connectivity index (χ0) is 14.7. The molecule has 2 nitrogen and oxygen atoms in total. The first kappa shape index (κ1) is 14.9. The standard InChI is InChI=1S/C15H15ClF2N2/c1-9-2-4-10(5-3-9)6-15(20-19)11-7-14(18)12(16)8-13(11)17/h2-5,7-8,15,20H,6,19H2,1H3. The van der Waals surface area contributed by atoms with E-state index in [2.05, 4.69) is 5.43 Å². The van der Waals surface area contributed by atoms with Crippen LogP contribution < -0.4 is 11.3 Å². The topological polar surface area (TPSA) is 38.0 Å². The summed E-state index contributed by atoms with van der Waals surface area (Å²) in [5.74, 6) is 4.23. The van der Waals surface area contributed by atoms with E-state index in [9.17, 15) is 8.78 Å². The summed E-state index contributed by atoms with van der Waals surface area (Å²) in [5.41, 5.74) is 4.80. The number of rotatable bonds is 4. The van der Waals surface area contributed by atoms with Crippen molar-refractivity contribution < 1.29 is 8.78 Å². The van der Waals surface area contributed by atoms with Crippen LogP contribution in [0.1, 0.15) is 22.7 Å². The van der Waals surface area contributed by atoms with Crippen molar-refractivity contribution in [3.63, 3.8) is 0 Å². The third-order valence-corrected chi connectivity index (χ3v) is 3.47. The van der Waals surface area contributed by atoms with Gasteiger partial charge >= 0.3 is 0 Å². The Balaban J connectivity index is 2.28. The highest BCUT2D eigenvalue weighted by Gasteiger charge is 2.17. The third kappa shape index (κ3) is 3.33. The number of benzene rings is 2. The molecular formula is C15H15ClF2N2. The predicted octanol–water partition coefficient (Wildman–Crippen LogP) is 3.67. The first-order valence-electron chi connectivity index (χ1n) is 6.17. The maximum absolute atomic E-state index is 13.9. The number of aryl methyl sites for hydroxylation is 1. The van der Waals surface area contributed by atoms with Gasteiger partial charge < -0.3 is 0 Å². The molecule has 0 aliphatic heterocycles. The monoisotopic (exact) mass is 296 g/mol. The SMILES string of the molecule is Cc1ccc(CC(NN)c2cc(F)c(Cl)cc2F)cc1. The molecule has 20 heavy (non-hydrogen) atoms. The predicted molar refractivity (Wildman–Crippen MR) is 76.3 cm³/mol. The van der Waals surface area contributed by atoms with E-state index in [1.807, 2.05) is 31.2 Å². The summed E-state index contributed by atoms with van der Waals surface area (Å²) in [5, 5.41) is -0.239. The molecule has 106 valence electrons. The maximum Gasteiger partial charge on any atom is 0.142 e. The van der Waals surface area contributed by atoms with Gasteiger partial charge in [-0.15, -0.1) is 0 Å². The molecular weight excluding hydrogens is 282 g/mol. The van der Waals surface area contributed by atoms with Gasteiger partial charge in [0.25, 0.3) is 0 Å². The van der Waals surface area contributed by atoms with Crippen LogP contribution in [0, 0.1) is 18.6 Å². The van der Waals surface area contributed by atoms with E-state index in [0.717, 1.165) is 23.3 Å². The summed E-state index contributed by atoms with van der Waals surface area (Å²) in [6.45, 7) is 1.98. The van der Waals surface area contributed by atoms with Crippen LogP contribution in [0.4, 0.5) is 8.78 Å². The molecule has 0 aliphatic carbocycles. The minimum absolute atomic E-state index is 0.162. The molecule has 0 heterocycles. The molecule has 2 rings (SSSR count). The fraction of sp³-hybridized carbons (Fsp3) is 0.200. The van der Waals surface area contributed by atoms with Crippen LogP contribution in [0.3, 0.4) is 0 Å². The smallest absolute Gasteiger partial charge is 0.142 e. The highest BCUT2D eigenvalue weighted by molar-refractivity contribution is 6.30. The molecule has 0 saturated heterocycles. The van der Waals surface area contributed by atoms with Gasteiger partial charge in [-0.25, -0.2) is 8.78 Å². The molecule has 1 atom stereocenters. The molecule has 0 saturated carbocycles. The number of hydrogen-bond acceptors (Lipinski definition) is 2. The van der Waals surface area contributed by atoms with Crippen molar-refractivity contribution in [1.82, 2.24) is 5.43 Å². The van der Waals surface area contributed by atoms with Gasteiger partial charge in [0.05, 0.1) is 11.1 Å². The number of nitrogens with two attached hydrogens (primary N) is 1. The number of hydrogen-bond donors (Lipinski definition) is 2. The zero-order valence-electron chi connectivity index (χ0n) is 11.0. The quantitative estimate of drug-likeness (QED) is 0.513. The molecule has 0 bridgehead atoms. The lowest BCUT2D eigenvalue weighted by atomic mass is 9.98. The van der Waals surface area contributed by atoms with Gasteiger partial charge in [0, 0.05) is 5.56 Å². The van der Waals surface area contributed by atoms with E-state index < -0.39 is 17.7 Å². The normalized spacial score (nSPS) is 12.4. The lowest BCUT2D eigenvalue weighted by Gasteiger charge is -2.17. The zero-order valence-corrected chi connectivity index (χ0v) is 11.7. The first-order valence-corrected chi connectivity index (χ1v) is 6.55. The van der Waals surface area contributed by atoms with Crippen molar-refractivity contribution >= 4 is 11.6 Å². The van der Waals surface area contributed by atoms with E-state index in [1.165, 1.54) is 0 Å².